The molecule has 0 radical (unpaired) electrons. The lowest BCUT2D eigenvalue weighted by molar-refractivity contribution is -1.06. The van der Waals surface area contributed by atoms with Crippen LogP contribution in [0.3, 0.4) is 0 Å². The Labute approximate surface area is 161 Å². The summed E-state index contributed by atoms with van der Waals surface area (Å²) < 4.78 is 54.2. The van der Waals surface area contributed by atoms with E-state index in [-0.39, 0.29) is 29.4 Å². The molecule has 1 heterocycles. The summed E-state index contributed by atoms with van der Waals surface area (Å²) in [5.74, 6) is -2.25. The molecule has 8 nitrogen and oxygen atoms in total. The molecule has 1 unspecified atom stereocenters. The fourth-order valence-electron chi connectivity index (χ4n) is 2.36. The molecule has 1 atom stereocenters. The lowest BCUT2D eigenvalue weighted by Gasteiger charge is -2.28. The SMILES string of the molecule is Cc1cc(Cl)cc2c1OC(C(F)(F)F)C(C(=O)OCOC(=O)CCO[NH2+]O)=C2. The van der Waals surface area contributed by atoms with E-state index in [0.29, 0.717) is 11.2 Å². The Morgan fingerprint density at radius 1 is 1.32 bits per heavy atom. The van der Waals surface area contributed by atoms with E-state index in [4.69, 9.17) is 21.5 Å². The summed E-state index contributed by atoms with van der Waals surface area (Å²) in [6.07, 6.45) is -6.72. The number of esters is 2. The van der Waals surface area contributed by atoms with Gasteiger partial charge in [0.1, 0.15) is 12.4 Å². The van der Waals surface area contributed by atoms with Crippen molar-refractivity contribution in [1.82, 2.24) is 0 Å². The molecule has 1 aliphatic heterocycles. The molecule has 0 spiro atoms. The van der Waals surface area contributed by atoms with Crippen LogP contribution in [0.15, 0.2) is 17.7 Å². The van der Waals surface area contributed by atoms with E-state index < -0.39 is 36.6 Å². The van der Waals surface area contributed by atoms with Gasteiger partial charge in [0.05, 0.1) is 12.0 Å². The van der Waals surface area contributed by atoms with E-state index in [1.165, 1.54) is 19.1 Å². The number of ether oxygens (including phenoxy) is 3. The molecule has 2 rings (SSSR count). The van der Waals surface area contributed by atoms with Crippen molar-refractivity contribution < 1.29 is 52.7 Å². The molecule has 0 saturated heterocycles. The van der Waals surface area contributed by atoms with Gasteiger partial charge in [0, 0.05) is 10.6 Å². The Hall–Kier alpha value is -2.34. The summed E-state index contributed by atoms with van der Waals surface area (Å²) in [6.45, 7) is 0.437. The highest BCUT2D eigenvalue weighted by Gasteiger charge is 2.49. The highest BCUT2D eigenvalue weighted by molar-refractivity contribution is 6.30. The van der Waals surface area contributed by atoms with Gasteiger partial charge in [-0.25, -0.2) is 4.79 Å². The number of hydrogen-bond donors (Lipinski definition) is 2. The fourth-order valence-corrected chi connectivity index (χ4v) is 2.64. The highest BCUT2D eigenvalue weighted by atomic mass is 35.5. The second-order valence-corrected chi connectivity index (χ2v) is 6.01. The Balaban J connectivity index is 2.12. The molecule has 28 heavy (non-hydrogen) atoms. The van der Waals surface area contributed by atoms with Crippen molar-refractivity contribution >= 4 is 29.6 Å². The van der Waals surface area contributed by atoms with Crippen molar-refractivity contribution in [3.05, 3.63) is 33.9 Å². The average molecular weight is 427 g/mol. The second kappa shape index (κ2) is 9.24. The van der Waals surface area contributed by atoms with Gasteiger partial charge in [-0.2, -0.15) is 23.2 Å². The van der Waals surface area contributed by atoms with Crippen molar-refractivity contribution in [1.29, 1.82) is 0 Å². The number of rotatable bonds is 7. The molecule has 3 N–H and O–H groups in total. The van der Waals surface area contributed by atoms with Gasteiger partial charge in [0.2, 0.25) is 12.9 Å². The topological polar surface area (TPSA) is 108 Å². The fraction of sp³-hybridized carbons (Fsp3) is 0.375. The molecular weight excluding hydrogens is 411 g/mol. The van der Waals surface area contributed by atoms with Crippen LogP contribution in [0.1, 0.15) is 17.5 Å². The van der Waals surface area contributed by atoms with Crippen molar-refractivity contribution in [2.24, 2.45) is 0 Å². The first-order valence-electron chi connectivity index (χ1n) is 7.79. The van der Waals surface area contributed by atoms with Crippen molar-refractivity contribution in [2.75, 3.05) is 13.4 Å². The molecule has 0 fully saturated rings. The van der Waals surface area contributed by atoms with Gasteiger partial charge in [0.25, 0.3) is 0 Å². The predicted octanol–water partition coefficient (Wildman–Crippen LogP) is 1.67. The van der Waals surface area contributed by atoms with Crippen LogP contribution in [0.4, 0.5) is 13.2 Å². The standard InChI is InChI=1S/C16H16ClF3NO7/c1-8-4-10(17)5-9-6-11(14(16(18,19)20)28-13(8)9)15(23)26-7-25-12(22)2-3-27-21-24/h4-6,14,24H,2-3,7,21H2,1H3/q+1. The number of halogens is 4. The molecular formula is C16H16ClF3NO7+. The number of hydrogen-bond acceptors (Lipinski definition) is 7. The number of carbonyl (C=O) groups is 2. The molecule has 1 aromatic carbocycles. The van der Waals surface area contributed by atoms with Gasteiger partial charge < -0.3 is 14.2 Å². The molecule has 0 aromatic heterocycles. The number of quaternary nitrogens is 1. The molecule has 0 aliphatic carbocycles. The molecule has 154 valence electrons. The van der Waals surface area contributed by atoms with E-state index in [0.717, 1.165) is 6.08 Å². The predicted molar refractivity (Wildman–Crippen MR) is 86.0 cm³/mol. The number of carbonyl (C=O) groups excluding carboxylic acids is 2. The third kappa shape index (κ3) is 5.58. The number of nitrogens with two attached hydrogens (primary N) is 1. The molecule has 12 heteroatoms. The highest BCUT2D eigenvalue weighted by Crippen LogP contribution is 2.40. The molecule has 1 aliphatic rings. The summed E-state index contributed by atoms with van der Waals surface area (Å²) in [7, 11) is 0. The van der Waals surface area contributed by atoms with Crippen molar-refractivity contribution in [3.8, 4) is 5.75 Å². The first-order valence-corrected chi connectivity index (χ1v) is 8.16. The number of alkyl halides is 3. The summed E-state index contributed by atoms with van der Waals surface area (Å²) in [5.41, 5.74) is 0.130. The lowest BCUT2D eigenvalue weighted by atomic mass is 9.99. The van der Waals surface area contributed by atoms with E-state index in [1.54, 1.807) is 0 Å². The zero-order valence-corrected chi connectivity index (χ0v) is 15.2. The summed E-state index contributed by atoms with van der Waals surface area (Å²) >= 11 is 5.90. The average Bonchev–Trinajstić information content (AvgIpc) is 2.59. The van der Waals surface area contributed by atoms with E-state index in [1.807, 2.05) is 0 Å². The monoisotopic (exact) mass is 426 g/mol. The Kier molecular flexibility index (Phi) is 7.24. The first kappa shape index (κ1) is 22.0. The van der Waals surface area contributed by atoms with E-state index in [9.17, 15) is 22.8 Å². The maximum Gasteiger partial charge on any atom is 0.430 e. The second-order valence-electron chi connectivity index (χ2n) is 5.57. The van der Waals surface area contributed by atoms with Crippen LogP contribution in [0.5, 0.6) is 5.75 Å². The summed E-state index contributed by atoms with van der Waals surface area (Å²) in [5, 5.41) is 8.53. The van der Waals surface area contributed by atoms with Crippen LogP contribution < -0.4 is 10.4 Å². The zero-order valence-electron chi connectivity index (χ0n) is 14.4. The van der Waals surface area contributed by atoms with Gasteiger partial charge in [0.15, 0.2) is 0 Å². The van der Waals surface area contributed by atoms with Gasteiger partial charge >= 0.3 is 18.1 Å². The minimum Gasteiger partial charge on any atom is -0.475 e. The summed E-state index contributed by atoms with van der Waals surface area (Å²) in [6, 6.07) is 2.78. The maximum absolute atomic E-state index is 13.4. The van der Waals surface area contributed by atoms with Crippen LogP contribution in [-0.4, -0.2) is 42.8 Å². The normalized spacial score (nSPS) is 15.9. The molecule has 0 amide bonds. The molecule has 1 aromatic rings. The Bertz CT molecular complexity index is 782. The van der Waals surface area contributed by atoms with Gasteiger partial charge in [-0.1, -0.05) is 17.2 Å². The Morgan fingerprint density at radius 3 is 2.68 bits per heavy atom. The van der Waals surface area contributed by atoms with Gasteiger partial charge in [-0.05, 0) is 30.7 Å². The van der Waals surface area contributed by atoms with Crippen LogP contribution in [0, 0.1) is 6.92 Å². The van der Waals surface area contributed by atoms with E-state index >= 15 is 0 Å². The third-order valence-electron chi connectivity index (χ3n) is 3.54. The van der Waals surface area contributed by atoms with Crippen molar-refractivity contribution in [2.45, 2.75) is 25.6 Å². The molecule has 0 saturated carbocycles. The zero-order chi connectivity index (χ0) is 20.9. The lowest BCUT2D eigenvalue weighted by Crippen LogP contribution is -2.79. The smallest absolute Gasteiger partial charge is 0.430 e. The molecule has 0 bridgehead atoms. The van der Waals surface area contributed by atoms with Gasteiger partial charge in [-0.3, -0.25) is 4.79 Å². The maximum atomic E-state index is 13.4. The van der Waals surface area contributed by atoms with Crippen LogP contribution in [0.2, 0.25) is 5.02 Å². The quantitative estimate of drug-likeness (QED) is 0.295. The van der Waals surface area contributed by atoms with Crippen LogP contribution >= 0.6 is 11.6 Å². The number of fused-ring (bicyclic) bond motifs is 1. The minimum atomic E-state index is -4.89. The van der Waals surface area contributed by atoms with Crippen LogP contribution in [-0.2, 0) is 23.9 Å². The van der Waals surface area contributed by atoms with E-state index in [2.05, 4.69) is 14.3 Å². The largest absolute Gasteiger partial charge is 0.475 e. The van der Waals surface area contributed by atoms with Gasteiger partial charge in [-0.15, -0.1) is 0 Å². The Morgan fingerprint density at radius 2 is 2.04 bits per heavy atom. The first-order chi connectivity index (χ1) is 13.1. The van der Waals surface area contributed by atoms with Crippen LogP contribution in [0.25, 0.3) is 6.08 Å². The number of benzene rings is 1. The minimum absolute atomic E-state index is 0.0459. The number of aryl methyl sites for hydroxylation is 1. The van der Waals surface area contributed by atoms with Crippen molar-refractivity contribution in [3.63, 3.8) is 0 Å². The summed E-state index contributed by atoms with van der Waals surface area (Å²) in [4.78, 5) is 27.8. The third-order valence-corrected chi connectivity index (χ3v) is 3.76.